The third kappa shape index (κ3) is 6.02. The number of rotatable bonds is 7. The van der Waals surface area contributed by atoms with Crippen molar-refractivity contribution in [2.24, 2.45) is 11.8 Å². The summed E-state index contributed by atoms with van der Waals surface area (Å²) in [6.07, 6.45) is 3.59. The van der Waals surface area contributed by atoms with Crippen LogP contribution in [0.4, 0.5) is 0 Å². The van der Waals surface area contributed by atoms with Crippen molar-refractivity contribution in [3.05, 3.63) is 65.7 Å². The number of amides is 1. The maximum atomic E-state index is 12.8. The highest BCUT2D eigenvalue weighted by Gasteiger charge is 2.32. The molecule has 2 aromatic carbocycles. The van der Waals surface area contributed by atoms with Gasteiger partial charge in [0, 0.05) is 32.1 Å². The number of likely N-dealkylation sites (tertiary alicyclic amines) is 1. The van der Waals surface area contributed by atoms with E-state index in [1.807, 2.05) is 6.07 Å². The van der Waals surface area contributed by atoms with Crippen LogP contribution in [0.3, 0.4) is 0 Å². The van der Waals surface area contributed by atoms with Gasteiger partial charge in [0.2, 0.25) is 15.9 Å². The number of hydrogen-bond acceptors (Lipinski definition) is 4. The molecule has 0 atom stereocenters. The Morgan fingerprint density at radius 2 is 1.48 bits per heavy atom. The molecular weight excluding hydrogens is 434 g/mol. The van der Waals surface area contributed by atoms with Gasteiger partial charge in [-0.2, -0.15) is 4.31 Å². The van der Waals surface area contributed by atoms with E-state index in [9.17, 15) is 13.2 Å². The zero-order valence-corrected chi connectivity index (χ0v) is 20.3. The van der Waals surface area contributed by atoms with Gasteiger partial charge in [-0.1, -0.05) is 49.4 Å². The molecule has 178 valence electrons. The lowest BCUT2D eigenvalue weighted by atomic mass is 9.96. The molecule has 2 heterocycles. The fourth-order valence-electron chi connectivity index (χ4n) is 4.77. The van der Waals surface area contributed by atoms with Crippen LogP contribution >= 0.6 is 0 Å². The highest BCUT2D eigenvalue weighted by atomic mass is 32.2. The Morgan fingerprint density at radius 1 is 0.879 bits per heavy atom. The lowest BCUT2D eigenvalue weighted by Gasteiger charge is -2.31. The number of hydrogen-bond donors (Lipinski definition) is 1. The van der Waals surface area contributed by atoms with Crippen LogP contribution in [0.25, 0.3) is 0 Å². The van der Waals surface area contributed by atoms with Gasteiger partial charge >= 0.3 is 0 Å². The van der Waals surface area contributed by atoms with E-state index in [4.69, 9.17) is 0 Å². The summed E-state index contributed by atoms with van der Waals surface area (Å²) in [4.78, 5) is 15.7. The molecule has 6 nitrogen and oxygen atoms in total. The highest BCUT2D eigenvalue weighted by molar-refractivity contribution is 7.89. The van der Waals surface area contributed by atoms with Gasteiger partial charge in [-0.25, -0.2) is 8.42 Å². The van der Waals surface area contributed by atoms with Crippen molar-refractivity contribution >= 4 is 15.9 Å². The number of carbonyl (C=O) groups excluding carboxylic acids is 1. The second-order valence-corrected chi connectivity index (χ2v) is 11.4. The average molecular weight is 470 g/mol. The Bertz CT molecular complexity index is 1030. The Morgan fingerprint density at radius 3 is 2.15 bits per heavy atom. The minimum Gasteiger partial charge on any atom is -0.352 e. The summed E-state index contributed by atoms with van der Waals surface area (Å²) in [5.41, 5.74) is 2.43. The van der Waals surface area contributed by atoms with Crippen molar-refractivity contribution in [1.29, 1.82) is 0 Å². The van der Waals surface area contributed by atoms with Gasteiger partial charge in [0.05, 0.1) is 4.90 Å². The minimum absolute atomic E-state index is 0.0216. The van der Waals surface area contributed by atoms with Crippen molar-refractivity contribution < 1.29 is 13.2 Å². The van der Waals surface area contributed by atoms with Gasteiger partial charge in [0.1, 0.15) is 0 Å². The first-order chi connectivity index (χ1) is 15.9. The zero-order valence-electron chi connectivity index (χ0n) is 19.4. The molecule has 2 aromatic rings. The summed E-state index contributed by atoms with van der Waals surface area (Å²) in [6, 6.07) is 16.9. The third-order valence-corrected chi connectivity index (χ3v) is 8.96. The molecule has 1 N–H and O–H groups in total. The molecule has 2 aliphatic heterocycles. The van der Waals surface area contributed by atoms with Crippen LogP contribution in [0.5, 0.6) is 0 Å². The van der Waals surface area contributed by atoms with E-state index in [1.165, 1.54) is 22.7 Å². The van der Waals surface area contributed by atoms with Crippen molar-refractivity contribution in [1.82, 2.24) is 14.5 Å². The maximum absolute atomic E-state index is 12.8. The monoisotopic (exact) mass is 469 g/mol. The summed E-state index contributed by atoms with van der Waals surface area (Å²) >= 11 is 0. The number of carbonyl (C=O) groups is 1. The van der Waals surface area contributed by atoms with Gasteiger partial charge in [-0.15, -0.1) is 0 Å². The molecule has 0 aliphatic carbocycles. The van der Waals surface area contributed by atoms with Gasteiger partial charge in [0.15, 0.2) is 0 Å². The predicted octanol–water partition coefficient (Wildman–Crippen LogP) is 3.64. The summed E-state index contributed by atoms with van der Waals surface area (Å²) in [5, 5.41) is 3.11. The Hall–Kier alpha value is -2.22. The lowest BCUT2D eigenvalue weighted by Crippen LogP contribution is -2.42. The van der Waals surface area contributed by atoms with Gasteiger partial charge in [-0.3, -0.25) is 9.69 Å². The van der Waals surface area contributed by atoms with Crippen LogP contribution in [0.15, 0.2) is 59.5 Å². The molecule has 0 radical (unpaired) electrons. The first-order valence-electron chi connectivity index (χ1n) is 12.1. The number of nitrogens with zero attached hydrogens (tertiary/aromatic N) is 2. The molecule has 2 saturated heterocycles. The lowest BCUT2D eigenvalue weighted by molar-refractivity contribution is -0.126. The largest absolute Gasteiger partial charge is 0.352 e. The zero-order chi connectivity index (χ0) is 23.3. The van der Waals surface area contributed by atoms with Crippen molar-refractivity contribution in [3.63, 3.8) is 0 Å². The Kier molecular flexibility index (Phi) is 7.83. The van der Waals surface area contributed by atoms with Crippen molar-refractivity contribution in [2.45, 2.75) is 50.6 Å². The van der Waals surface area contributed by atoms with Crippen LogP contribution in [-0.4, -0.2) is 49.7 Å². The molecule has 4 rings (SSSR count). The van der Waals surface area contributed by atoms with Crippen LogP contribution in [0, 0.1) is 11.8 Å². The van der Waals surface area contributed by atoms with Crippen LogP contribution < -0.4 is 5.32 Å². The first-order valence-corrected chi connectivity index (χ1v) is 13.5. The fourth-order valence-corrected chi connectivity index (χ4v) is 6.26. The molecule has 0 spiro atoms. The smallest absolute Gasteiger partial charge is 0.243 e. The molecule has 0 unspecified atom stereocenters. The SMILES string of the molecule is CC1CCN(Cc2ccccc2CNC(=O)C2CCN(S(=O)(=O)c3ccccc3)CC2)CC1. The van der Waals surface area contributed by atoms with Gasteiger partial charge in [-0.05, 0) is 68.0 Å². The standard InChI is InChI=1S/C26H35N3O3S/c1-21-11-15-28(16-12-21)20-24-8-6-5-7-23(24)19-27-26(30)22-13-17-29(18-14-22)33(31,32)25-9-3-2-4-10-25/h2-10,21-22H,11-20H2,1H3,(H,27,30). The Balaban J connectivity index is 1.29. The number of nitrogens with one attached hydrogen (secondary N) is 1. The van der Waals surface area contributed by atoms with E-state index in [2.05, 4.69) is 35.3 Å². The Labute approximate surface area is 198 Å². The van der Waals surface area contributed by atoms with Gasteiger partial charge in [0.25, 0.3) is 0 Å². The van der Waals surface area contributed by atoms with Crippen molar-refractivity contribution in [2.75, 3.05) is 26.2 Å². The van der Waals surface area contributed by atoms with E-state index in [-0.39, 0.29) is 11.8 Å². The number of piperidine rings is 2. The number of sulfonamides is 1. The van der Waals surface area contributed by atoms with E-state index in [0.717, 1.165) is 31.1 Å². The maximum Gasteiger partial charge on any atom is 0.243 e. The van der Waals surface area contributed by atoms with Crippen LogP contribution in [-0.2, 0) is 27.9 Å². The van der Waals surface area contributed by atoms with Crippen LogP contribution in [0.1, 0.15) is 43.7 Å². The summed E-state index contributed by atoms with van der Waals surface area (Å²) in [6.45, 7) is 6.77. The molecular formula is C26H35N3O3S. The highest BCUT2D eigenvalue weighted by Crippen LogP contribution is 2.24. The summed E-state index contributed by atoms with van der Waals surface area (Å²) in [7, 11) is -3.49. The van der Waals surface area contributed by atoms with Crippen molar-refractivity contribution in [3.8, 4) is 0 Å². The minimum atomic E-state index is -3.49. The van der Waals surface area contributed by atoms with E-state index in [1.54, 1.807) is 30.3 Å². The first kappa shape index (κ1) is 23.9. The van der Waals surface area contributed by atoms with E-state index in [0.29, 0.717) is 37.4 Å². The van der Waals surface area contributed by atoms with Gasteiger partial charge < -0.3 is 5.32 Å². The average Bonchev–Trinajstić information content (AvgIpc) is 2.85. The second kappa shape index (κ2) is 10.8. The van der Waals surface area contributed by atoms with E-state index >= 15 is 0 Å². The molecule has 0 aromatic heterocycles. The van der Waals surface area contributed by atoms with E-state index < -0.39 is 10.0 Å². The molecule has 7 heteroatoms. The molecule has 0 bridgehead atoms. The molecule has 2 aliphatic rings. The normalized spacial score (nSPS) is 19.4. The molecule has 0 saturated carbocycles. The quantitative estimate of drug-likeness (QED) is 0.672. The van der Waals surface area contributed by atoms with Crippen LogP contribution in [0.2, 0.25) is 0 Å². The topological polar surface area (TPSA) is 69.7 Å². The predicted molar refractivity (Wildman–Crippen MR) is 130 cm³/mol. The number of benzene rings is 2. The molecule has 33 heavy (non-hydrogen) atoms. The summed E-state index contributed by atoms with van der Waals surface area (Å²) < 4.78 is 27.1. The third-order valence-electron chi connectivity index (χ3n) is 7.05. The second-order valence-electron chi connectivity index (χ2n) is 9.44. The summed E-state index contributed by atoms with van der Waals surface area (Å²) in [5.74, 6) is 0.682. The fraction of sp³-hybridized carbons (Fsp3) is 0.500. The molecule has 1 amide bonds. The molecule has 2 fully saturated rings.